The lowest BCUT2D eigenvalue weighted by Crippen LogP contribution is -2.32. The second-order valence-electron chi connectivity index (χ2n) is 3.99. The molecule has 0 amide bonds. The lowest BCUT2D eigenvalue weighted by atomic mass is 10.0. The van der Waals surface area contributed by atoms with Crippen LogP contribution in [0.5, 0.6) is 5.75 Å². The first-order valence-electron chi connectivity index (χ1n) is 5.52. The van der Waals surface area contributed by atoms with E-state index >= 15 is 0 Å². The number of rotatable bonds is 4. The van der Waals surface area contributed by atoms with Crippen molar-refractivity contribution < 1.29 is 14.6 Å². The second kappa shape index (κ2) is 5.01. The number of nitrogens with two attached hydrogens (primary N) is 1. The molecule has 0 bridgehead atoms. The molecule has 5 nitrogen and oxygen atoms in total. The van der Waals surface area contributed by atoms with E-state index in [2.05, 4.69) is 4.98 Å². The number of fused-ring (bicyclic) bond motifs is 1. The van der Waals surface area contributed by atoms with E-state index in [4.69, 9.17) is 15.6 Å². The van der Waals surface area contributed by atoms with E-state index in [0.29, 0.717) is 5.69 Å². The van der Waals surface area contributed by atoms with Crippen LogP contribution in [0.4, 0.5) is 0 Å². The molecule has 1 aromatic carbocycles. The van der Waals surface area contributed by atoms with E-state index in [0.717, 1.165) is 16.5 Å². The van der Waals surface area contributed by atoms with Gasteiger partial charge in [-0.25, -0.2) is 0 Å². The maximum atomic E-state index is 10.8. The van der Waals surface area contributed by atoms with Crippen molar-refractivity contribution in [3.05, 3.63) is 36.2 Å². The summed E-state index contributed by atoms with van der Waals surface area (Å²) in [5, 5.41) is 10.7. The number of carboxylic acids is 1. The van der Waals surface area contributed by atoms with Crippen molar-refractivity contribution in [1.82, 2.24) is 4.98 Å². The van der Waals surface area contributed by atoms with Crippen molar-refractivity contribution in [2.24, 2.45) is 5.73 Å². The Morgan fingerprint density at radius 2 is 2.28 bits per heavy atom. The fourth-order valence-electron chi connectivity index (χ4n) is 1.80. The van der Waals surface area contributed by atoms with Crippen molar-refractivity contribution in [3.8, 4) is 5.75 Å². The van der Waals surface area contributed by atoms with Gasteiger partial charge in [0.15, 0.2) is 0 Å². The van der Waals surface area contributed by atoms with Gasteiger partial charge in [0.25, 0.3) is 0 Å². The fourth-order valence-corrected chi connectivity index (χ4v) is 1.80. The minimum Gasteiger partial charge on any atom is -0.497 e. The Bertz CT molecular complexity index is 583. The molecule has 2 rings (SSSR count). The van der Waals surface area contributed by atoms with Gasteiger partial charge in [-0.15, -0.1) is 0 Å². The number of methoxy groups -OCH3 is 1. The molecule has 18 heavy (non-hydrogen) atoms. The lowest BCUT2D eigenvalue weighted by Gasteiger charge is -2.09. The van der Waals surface area contributed by atoms with E-state index in [1.807, 2.05) is 24.3 Å². The largest absolute Gasteiger partial charge is 0.497 e. The highest BCUT2D eigenvalue weighted by Gasteiger charge is 2.14. The molecule has 0 saturated carbocycles. The number of ether oxygens (including phenoxy) is 1. The lowest BCUT2D eigenvalue weighted by molar-refractivity contribution is -0.138. The van der Waals surface area contributed by atoms with Crippen molar-refractivity contribution in [1.29, 1.82) is 0 Å². The Kier molecular flexibility index (Phi) is 3.43. The van der Waals surface area contributed by atoms with E-state index in [-0.39, 0.29) is 6.42 Å². The number of benzene rings is 1. The average molecular weight is 246 g/mol. The molecular formula is C13H14N2O3. The summed E-state index contributed by atoms with van der Waals surface area (Å²) in [5.74, 6) is -0.274. The van der Waals surface area contributed by atoms with Crippen LogP contribution in [0.25, 0.3) is 10.8 Å². The summed E-state index contributed by atoms with van der Waals surface area (Å²) in [7, 11) is 1.60. The van der Waals surface area contributed by atoms with Gasteiger partial charge in [-0.3, -0.25) is 9.78 Å². The molecule has 0 aliphatic carbocycles. The zero-order valence-corrected chi connectivity index (χ0v) is 9.96. The first kappa shape index (κ1) is 12.3. The average Bonchev–Trinajstić information content (AvgIpc) is 2.38. The van der Waals surface area contributed by atoms with Gasteiger partial charge in [-0.2, -0.15) is 0 Å². The maximum Gasteiger partial charge on any atom is 0.320 e. The highest BCUT2D eigenvalue weighted by atomic mass is 16.5. The minimum absolute atomic E-state index is 0.207. The van der Waals surface area contributed by atoms with E-state index in [1.165, 1.54) is 0 Å². The van der Waals surface area contributed by atoms with Crippen LogP contribution in [0.15, 0.2) is 30.5 Å². The van der Waals surface area contributed by atoms with E-state index in [9.17, 15) is 4.79 Å². The highest BCUT2D eigenvalue weighted by Crippen LogP contribution is 2.23. The molecule has 0 aliphatic rings. The molecule has 2 aromatic rings. The van der Waals surface area contributed by atoms with Crippen molar-refractivity contribution in [2.75, 3.05) is 7.11 Å². The molecule has 1 unspecified atom stereocenters. The van der Waals surface area contributed by atoms with Gasteiger partial charge >= 0.3 is 5.97 Å². The fraction of sp³-hybridized carbons (Fsp3) is 0.231. The predicted octanol–water partition coefficient (Wildman–Crippen LogP) is 1.20. The molecule has 0 aliphatic heterocycles. The van der Waals surface area contributed by atoms with Crippen molar-refractivity contribution in [3.63, 3.8) is 0 Å². The molecule has 1 atom stereocenters. The number of hydrogen-bond donors (Lipinski definition) is 2. The van der Waals surface area contributed by atoms with Gasteiger partial charge in [0.05, 0.1) is 12.8 Å². The number of hydrogen-bond acceptors (Lipinski definition) is 4. The Hall–Kier alpha value is -2.14. The molecule has 3 N–H and O–H groups in total. The predicted molar refractivity (Wildman–Crippen MR) is 67.6 cm³/mol. The summed E-state index contributed by atoms with van der Waals surface area (Å²) in [6.07, 6.45) is 1.85. The molecule has 1 heterocycles. The Labute approximate surface area is 104 Å². The standard InChI is InChI=1S/C13H14N2O3/c1-18-9-2-3-10-8(6-9)4-5-15-12(10)7-11(14)13(16)17/h2-6,11H,7,14H2,1H3,(H,16,17). The number of nitrogens with zero attached hydrogens (tertiary/aromatic N) is 1. The summed E-state index contributed by atoms with van der Waals surface area (Å²) >= 11 is 0. The van der Waals surface area contributed by atoms with Crippen LogP contribution in [-0.2, 0) is 11.2 Å². The van der Waals surface area contributed by atoms with E-state index in [1.54, 1.807) is 13.3 Å². The Morgan fingerprint density at radius 3 is 2.94 bits per heavy atom. The number of carboxylic acid groups (broad SMARTS) is 1. The topological polar surface area (TPSA) is 85.4 Å². The van der Waals surface area contributed by atoms with Crippen LogP contribution < -0.4 is 10.5 Å². The normalized spacial score (nSPS) is 12.3. The molecule has 0 spiro atoms. The minimum atomic E-state index is -1.03. The number of aliphatic carboxylic acids is 1. The molecule has 94 valence electrons. The van der Waals surface area contributed by atoms with Gasteiger partial charge in [-0.1, -0.05) is 0 Å². The van der Waals surface area contributed by atoms with Gasteiger partial charge in [0.2, 0.25) is 0 Å². The second-order valence-corrected chi connectivity index (χ2v) is 3.99. The van der Waals surface area contributed by atoms with E-state index < -0.39 is 12.0 Å². The maximum absolute atomic E-state index is 10.8. The monoisotopic (exact) mass is 246 g/mol. The molecule has 0 radical (unpaired) electrons. The number of carbonyl (C=O) groups is 1. The molecule has 5 heteroatoms. The third-order valence-corrected chi connectivity index (χ3v) is 2.78. The van der Waals surface area contributed by atoms with Crippen LogP contribution in [0.3, 0.4) is 0 Å². The van der Waals surface area contributed by atoms with Gasteiger partial charge in [0, 0.05) is 18.0 Å². The summed E-state index contributed by atoms with van der Waals surface area (Å²) in [6, 6.07) is 6.48. The Morgan fingerprint density at radius 1 is 1.50 bits per heavy atom. The number of aromatic nitrogens is 1. The quantitative estimate of drug-likeness (QED) is 0.846. The first-order chi connectivity index (χ1) is 8.61. The summed E-state index contributed by atoms with van der Waals surface area (Å²) in [6.45, 7) is 0. The molecule has 1 aromatic heterocycles. The molecule has 0 fully saturated rings. The smallest absolute Gasteiger partial charge is 0.320 e. The van der Waals surface area contributed by atoms with Crippen LogP contribution in [-0.4, -0.2) is 29.2 Å². The van der Waals surface area contributed by atoms with Crippen molar-refractivity contribution in [2.45, 2.75) is 12.5 Å². The van der Waals surface area contributed by atoms with Gasteiger partial charge < -0.3 is 15.6 Å². The van der Waals surface area contributed by atoms with Crippen LogP contribution in [0.1, 0.15) is 5.69 Å². The summed E-state index contributed by atoms with van der Waals surface area (Å²) in [4.78, 5) is 15.0. The highest BCUT2D eigenvalue weighted by molar-refractivity contribution is 5.86. The zero-order chi connectivity index (χ0) is 13.1. The van der Waals surface area contributed by atoms with Gasteiger partial charge in [0.1, 0.15) is 11.8 Å². The first-order valence-corrected chi connectivity index (χ1v) is 5.52. The molecule has 0 saturated heterocycles. The van der Waals surface area contributed by atoms with Crippen LogP contribution in [0.2, 0.25) is 0 Å². The van der Waals surface area contributed by atoms with Gasteiger partial charge in [-0.05, 0) is 29.7 Å². The SMILES string of the molecule is COc1ccc2c(CC(N)C(=O)O)nccc2c1. The summed E-state index contributed by atoms with van der Waals surface area (Å²) < 4.78 is 5.14. The third-order valence-electron chi connectivity index (χ3n) is 2.78. The third kappa shape index (κ3) is 2.41. The Balaban J connectivity index is 2.42. The molecular weight excluding hydrogens is 232 g/mol. The van der Waals surface area contributed by atoms with Crippen LogP contribution >= 0.6 is 0 Å². The summed E-state index contributed by atoms with van der Waals surface area (Å²) in [5.41, 5.74) is 6.22. The zero-order valence-electron chi connectivity index (χ0n) is 9.96. The van der Waals surface area contributed by atoms with Crippen LogP contribution in [0, 0.1) is 0 Å². The number of pyridine rings is 1. The van der Waals surface area contributed by atoms with Crippen molar-refractivity contribution >= 4 is 16.7 Å².